The Bertz CT molecular complexity index is 751. The molecule has 2 aromatic rings. The van der Waals surface area contributed by atoms with Crippen molar-refractivity contribution in [3.8, 4) is 0 Å². The predicted molar refractivity (Wildman–Crippen MR) is 98.8 cm³/mol. The second kappa shape index (κ2) is 8.65. The smallest absolute Gasteiger partial charge is 0.270 e. The predicted octanol–water partition coefficient (Wildman–Crippen LogP) is 2.72. The van der Waals surface area contributed by atoms with Crippen molar-refractivity contribution in [1.29, 1.82) is 0 Å². The van der Waals surface area contributed by atoms with Gasteiger partial charge < -0.3 is 10.2 Å². The number of aryl methyl sites for hydroxylation is 2. The Balaban J connectivity index is 1.88. The van der Waals surface area contributed by atoms with Gasteiger partial charge in [0.1, 0.15) is 11.3 Å². The highest BCUT2D eigenvalue weighted by Crippen LogP contribution is 2.15. The number of rotatable bonds is 8. The molecule has 0 bridgehead atoms. The van der Waals surface area contributed by atoms with Gasteiger partial charge in [-0.15, -0.1) is 0 Å². The molecule has 0 aliphatic heterocycles. The van der Waals surface area contributed by atoms with Crippen LogP contribution in [0.5, 0.6) is 0 Å². The minimum Gasteiger partial charge on any atom is -0.351 e. The van der Waals surface area contributed by atoms with E-state index in [4.69, 9.17) is 0 Å². The van der Waals surface area contributed by atoms with Gasteiger partial charge in [-0.2, -0.15) is 0 Å². The first-order chi connectivity index (χ1) is 12.0. The van der Waals surface area contributed by atoms with Gasteiger partial charge >= 0.3 is 0 Å². The Morgan fingerprint density at radius 1 is 1.28 bits per heavy atom. The number of unbranched alkanes of at least 4 members (excludes halogenated alkanes) is 1. The van der Waals surface area contributed by atoms with Crippen LogP contribution in [-0.2, 0) is 4.79 Å². The molecular formula is C19H28N4O2. The molecule has 2 aromatic heterocycles. The Labute approximate surface area is 149 Å². The molecule has 2 rings (SSSR count). The van der Waals surface area contributed by atoms with Crippen molar-refractivity contribution >= 4 is 17.5 Å². The quantitative estimate of drug-likeness (QED) is 0.749. The summed E-state index contributed by atoms with van der Waals surface area (Å²) in [5.74, 6) is -0.0216. The second-order valence-corrected chi connectivity index (χ2v) is 6.46. The maximum atomic E-state index is 12.5. The van der Waals surface area contributed by atoms with E-state index >= 15 is 0 Å². The van der Waals surface area contributed by atoms with Crippen molar-refractivity contribution in [2.45, 2.75) is 46.5 Å². The van der Waals surface area contributed by atoms with Gasteiger partial charge in [0.2, 0.25) is 5.91 Å². The van der Waals surface area contributed by atoms with Crippen LogP contribution in [0.3, 0.4) is 0 Å². The number of imidazole rings is 1. The van der Waals surface area contributed by atoms with Gasteiger partial charge in [-0.3, -0.25) is 14.0 Å². The van der Waals surface area contributed by atoms with E-state index in [1.807, 2.05) is 43.6 Å². The molecule has 0 saturated carbocycles. The number of aromatic nitrogens is 2. The Hall–Kier alpha value is -2.37. The second-order valence-electron chi connectivity index (χ2n) is 6.46. The summed E-state index contributed by atoms with van der Waals surface area (Å²) in [7, 11) is 1.83. The van der Waals surface area contributed by atoms with E-state index in [-0.39, 0.29) is 11.8 Å². The molecule has 0 aliphatic rings. The van der Waals surface area contributed by atoms with Crippen LogP contribution in [0.4, 0.5) is 0 Å². The van der Waals surface area contributed by atoms with Crippen LogP contribution in [0.1, 0.15) is 54.4 Å². The summed E-state index contributed by atoms with van der Waals surface area (Å²) in [5, 5.41) is 2.90. The van der Waals surface area contributed by atoms with Crippen molar-refractivity contribution in [2.75, 3.05) is 20.1 Å². The van der Waals surface area contributed by atoms with Crippen molar-refractivity contribution < 1.29 is 9.59 Å². The van der Waals surface area contributed by atoms with Gasteiger partial charge in [0, 0.05) is 32.8 Å². The molecule has 0 radical (unpaired) electrons. The van der Waals surface area contributed by atoms with Crippen LogP contribution in [0.25, 0.3) is 5.65 Å². The lowest BCUT2D eigenvalue weighted by Crippen LogP contribution is -2.30. The van der Waals surface area contributed by atoms with E-state index in [2.05, 4.69) is 17.2 Å². The first-order valence-corrected chi connectivity index (χ1v) is 8.92. The Morgan fingerprint density at radius 2 is 2.04 bits per heavy atom. The number of fused-ring (bicyclic) bond motifs is 1. The molecule has 0 aromatic carbocycles. The molecule has 2 heterocycles. The average molecular weight is 344 g/mol. The summed E-state index contributed by atoms with van der Waals surface area (Å²) in [6.07, 6.45) is 5.03. The number of amides is 2. The van der Waals surface area contributed by atoms with E-state index in [0.717, 1.165) is 30.6 Å². The fourth-order valence-corrected chi connectivity index (χ4v) is 2.83. The molecule has 0 atom stereocenters. The van der Waals surface area contributed by atoms with Crippen molar-refractivity contribution in [2.24, 2.45) is 0 Å². The van der Waals surface area contributed by atoms with Crippen molar-refractivity contribution in [3.05, 3.63) is 35.3 Å². The summed E-state index contributed by atoms with van der Waals surface area (Å²) >= 11 is 0. The van der Waals surface area contributed by atoms with Gasteiger partial charge in [0.25, 0.3) is 5.91 Å². The molecule has 2 amide bonds. The zero-order chi connectivity index (χ0) is 18.4. The van der Waals surface area contributed by atoms with E-state index in [9.17, 15) is 9.59 Å². The maximum Gasteiger partial charge on any atom is 0.270 e. The molecule has 0 aliphatic carbocycles. The van der Waals surface area contributed by atoms with Gasteiger partial charge in [-0.05, 0) is 38.3 Å². The van der Waals surface area contributed by atoms with Crippen LogP contribution < -0.4 is 5.32 Å². The molecule has 0 fully saturated rings. The summed E-state index contributed by atoms with van der Waals surface area (Å²) in [6.45, 7) is 7.20. The molecule has 25 heavy (non-hydrogen) atoms. The minimum atomic E-state index is -0.151. The fraction of sp³-hybridized carbons (Fsp3) is 0.526. The summed E-state index contributed by atoms with van der Waals surface area (Å²) in [6, 6.07) is 3.88. The number of nitrogens with one attached hydrogen (secondary N) is 1. The largest absolute Gasteiger partial charge is 0.351 e. The zero-order valence-electron chi connectivity index (χ0n) is 15.6. The number of carbonyl (C=O) groups excluding carboxylic acids is 2. The first kappa shape index (κ1) is 19.0. The van der Waals surface area contributed by atoms with Crippen LogP contribution >= 0.6 is 0 Å². The van der Waals surface area contributed by atoms with Crippen LogP contribution in [-0.4, -0.2) is 46.2 Å². The van der Waals surface area contributed by atoms with E-state index in [1.165, 1.54) is 0 Å². The summed E-state index contributed by atoms with van der Waals surface area (Å²) in [5.41, 5.74) is 3.11. The molecular weight excluding hydrogens is 316 g/mol. The molecule has 0 saturated heterocycles. The first-order valence-electron chi connectivity index (χ1n) is 8.92. The Kier molecular flexibility index (Phi) is 6.56. The monoisotopic (exact) mass is 344 g/mol. The number of pyridine rings is 1. The zero-order valence-corrected chi connectivity index (χ0v) is 15.6. The van der Waals surface area contributed by atoms with Crippen LogP contribution in [0.2, 0.25) is 0 Å². The summed E-state index contributed by atoms with van der Waals surface area (Å²) in [4.78, 5) is 30.7. The molecule has 1 N–H and O–H groups in total. The van der Waals surface area contributed by atoms with E-state index < -0.39 is 0 Å². The third kappa shape index (κ3) is 4.59. The summed E-state index contributed by atoms with van der Waals surface area (Å²) < 4.78 is 1.82. The third-order valence-electron chi connectivity index (χ3n) is 4.36. The number of nitrogens with zero attached hydrogens (tertiary/aromatic N) is 3. The highest BCUT2D eigenvalue weighted by atomic mass is 16.2. The van der Waals surface area contributed by atoms with Gasteiger partial charge in [0.15, 0.2) is 0 Å². The normalized spacial score (nSPS) is 10.9. The lowest BCUT2D eigenvalue weighted by Gasteiger charge is -2.16. The lowest BCUT2D eigenvalue weighted by atomic mass is 10.2. The standard InChI is InChI=1S/C19H28N4O2/c1-5-6-12-22(4)16(24)10-7-11-20-19(25)17-15(3)21-18-14(2)9-8-13-23(17)18/h8-9,13H,5-7,10-12H2,1-4H3,(H,20,25). The van der Waals surface area contributed by atoms with Crippen molar-refractivity contribution in [3.63, 3.8) is 0 Å². The number of hydrogen-bond acceptors (Lipinski definition) is 3. The van der Waals surface area contributed by atoms with Gasteiger partial charge in [0.05, 0.1) is 5.69 Å². The SMILES string of the molecule is CCCCN(C)C(=O)CCCNC(=O)c1c(C)nc2c(C)cccn12. The molecule has 0 unspecified atom stereocenters. The number of hydrogen-bond donors (Lipinski definition) is 1. The molecule has 136 valence electrons. The number of carbonyl (C=O) groups is 2. The average Bonchev–Trinajstić information content (AvgIpc) is 2.93. The molecule has 6 nitrogen and oxygen atoms in total. The van der Waals surface area contributed by atoms with Crippen LogP contribution in [0.15, 0.2) is 18.3 Å². The Morgan fingerprint density at radius 3 is 2.76 bits per heavy atom. The maximum absolute atomic E-state index is 12.5. The topological polar surface area (TPSA) is 66.7 Å². The third-order valence-corrected chi connectivity index (χ3v) is 4.36. The van der Waals surface area contributed by atoms with E-state index in [1.54, 1.807) is 4.90 Å². The van der Waals surface area contributed by atoms with E-state index in [0.29, 0.717) is 30.8 Å². The highest BCUT2D eigenvalue weighted by Gasteiger charge is 2.17. The van der Waals surface area contributed by atoms with Crippen molar-refractivity contribution in [1.82, 2.24) is 19.6 Å². The minimum absolute atomic E-state index is 0.129. The molecule has 0 spiro atoms. The lowest BCUT2D eigenvalue weighted by molar-refractivity contribution is -0.130. The fourth-order valence-electron chi connectivity index (χ4n) is 2.83. The van der Waals surface area contributed by atoms with Gasteiger partial charge in [-0.1, -0.05) is 19.4 Å². The van der Waals surface area contributed by atoms with Gasteiger partial charge in [-0.25, -0.2) is 4.98 Å². The van der Waals surface area contributed by atoms with Crippen LogP contribution in [0, 0.1) is 13.8 Å². The molecule has 6 heteroatoms. The highest BCUT2D eigenvalue weighted by molar-refractivity contribution is 5.94.